The predicted molar refractivity (Wildman–Crippen MR) is 123 cm³/mol. The Labute approximate surface area is 189 Å². The maximum Gasteiger partial charge on any atom is 0.260 e. The van der Waals surface area contributed by atoms with E-state index in [1.54, 1.807) is 13.8 Å². The van der Waals surface area contributed by atoms with E-state index in [0.29, 0.717) is 23.9 Å². The van der Waals surface area contributed by atoms with Gasteiger partial charge in [0.1, 0.15) is 11.3 Å². The summed E-state index contributed by atoms with van der Waals surface area (Å²) in [6, 6.07) is 3.03. The third-order valence-corrected chi connectivity index (χ3v) is 7.73. The lowest BCUT2D eigenvalue weighted by Gasteiger charge is -2.23. The van der Waals surface area contributed by atoms with Crippen LogP contribution in [-0.2, 0) is 10.0 Å². The van der Waals surface area contributed by atoms with Gasteiger partial charge in [-0.2, -0.15) is 4.98 Å². The average Bonchev–Trinajstić information content (AvgIpc) is 2.76. The Kier molecular flexibility index (Phi) is 6.08. The second kappa shape index (κ2) is 8.69. The van der Waals surface area contributed by atoms with Gasteiger partial charge in [0.15, 0.2) is 11.6 Å². The van der Waals surface area contributed by atoms with E-state index in [2.05, 4.69) is 14.7 Å². The SMILES string of the molecule is CC(C)n1c(=O)c(-c2cc(F)c(NS(=O)(=O)C3CCCCC3)c(F)c2)cc2cnc(N)nc21. The van der Waals surface area contributed by atoms with Crippen molar-refractivity contribution in [1.82, 2.24) is 14.5 Å². The van der Waals surface area contributed by atoms with Crippen LogP contribution in [0.1, 0.15) is 52.0 Å². The molecule has 0 unspecified atom stereocenters. The summed E-state index contributed by atoms with van der Waals surface area (Å²) in [6.45, 7) is 3.54. The number of nitrogens with zero attached hydrogens (tertiary/aromatic N) is 3. The first-order valence-corrected chi connectivity index (χ1v) is 12.3. The quantitative estimate of drug-likeness (QED) is 0.574. The standard InChI is InChI=1S/C22H25F2N5O3S/c1-12(2)29-20-14(11-26-22(25)27-20)8-16(21(29)30)13-9-17(23)19(18(24)10-13)28-33(31,32)15-6-4-3-5-7-15/h8-12,15,28H,3-7H2,1-2H3,(H2,25,26,27). The number of fused-ring (bicyclic) bond motifs is 1. The second-order valence-corrected chi connectivity index (χ2v) is 10.5. The third kappa shape index (κ3) is 4.41. The van der Waals surface area contributed by atoms with E-state index in [0.717, 1.165) is 31.4 Å². The number of halogens is 2. The van der Waals surface area contributed by atoms with Gasteiger partial charge < -0.3 is 5.73 Å². The molecule has 2 heterocycles. The van der Waals surface area contributed by atoms with Crippen LogP contribution in [0.4, 0.5) is 20.4 Å². The van der Waals surface area contributed by atoms with E-state index in [1.165, 1.54) is 16.8 Å². The predicted octanol–water partition coefficient (Wildman–Crippen LogP) is 3.97. The minimum Gasteiger partial charge on any atom is -0.368 e. The highest BCUT2D eigenvalue weighted by Gasteiger charge is 2.29. The molecule has 33 heavy (non-hydrogen) atoms. The molecule has 0 saturated heterocycles. The van der Waals surface area contributed by atoms with E-state index in [-0.39, 0.29) is 23.1 Å². The summed E-state index contributed by atoms with van der Waals surface area (Å²) in [5, 5.41) is -0.216. The summed E-state index contributed by atoms with van der Waals surface area (Å²) < 4.78 is 58.6. The van der Waals surface area contributed by atoms with Crippen LogP contribution in [0, 0.1) is 11.6 Å². The number of rotatable bonds is 5. The first kappa shape index (κ1) is 23.1. The highest BCUT2D eigenvalue weighted by Crippen LogP contribution is 2.31. The summed E-state index contributed by atoms with van der Waals surface area (Å²) in [5.41, 5.74) is 4.72. The molecule has 1 aromatic carbocycles. The Hall–Kier alpha value is -3.08. The number of nitrogens with one attached hydrogen (secondary N) is 1. The molecule has 0 atom stereocenters. The van der Waals surface area contributed by atoms with Gasteiger partial charge in [0.2, 0.25) is 16.0 Å². The van der Waals surface area contributed by atoms with Gasteiger partial charge in [-0.15, -0.1) is 0 Å². The topological polar surface area (TPSA) is 120 Å². The number of nitrogens with two attached hydrogens (primary N) is 1. The number of anilines is 2. The Balaban J connectivity index is 1.79. The molecule has 0 radical (unpaired) electrons. The second-order valence-electron chi connectivity index (χ2n) is 8.56. The number of hydrogen-bond acceptors (Lipinski definition) is 6. The summed E-state index contributed by atoms with van der Waals surface area (Å²) in [7, 11) is -3.94. The molecule has 1 aliphatic rings. The number of sulfonamides is 1. The molecule has 8 nitrogen and oxygen atoms in total. The fourth-order valence-electron chi connectivity index (χ4n) is 4.25. The summed E-state index contributed by atoms with van der Waals surface area (Å²) in [5.74, 6) is -2.21. The molecule has 0 bridgehead atoms. The highest BCUT2D eigenvalue weighted by molar-refractivity contribution is 7.93. The maximum atomic E-state index is 14.9. The van der Waals surface area contributed by atoms with E-state index < -0.39 is 38.2 Å². The largest absolute Gasteiger partial charge is 0.368 e. The minimum absolute atomic E-state index is 0.00394. The third-order valence-electron chi connectivity index (χ3n) is 5.90. The molecule has 0 aliphatic heterocycles. The van der Waals surface area contributed by atoms with Crippen LogP contribution in [-0.4, -0.2) is 28.2 Å². The minimum atomic E-state index is -3.94. The van der Waals surface area contributed by atoms with Gasteiger partial charge >= 0.3 is 0 Å². The van der Waals surface area contributed by atoms with E-state index in [1.807, 2.05) is 0 Å². The molecule has 4 rings (SSSR count). The Morgan fingerprint density at radius 3 is 2.36 bits per heavy atom. The van der Waals surface area contributed by atoms with Crippen LogP contribution in [0.3, 0.4) is 0 Å². The van der Waals surface area contributed by atoms with Crippen LogP contribution >= 0.6 is 0 Å². The number of hydrogen-bond donors (Lipinski definition) is 2. The summed E-state index contributed by atoms with van der Waals surface area (Å²) in [6.07, 6.45) is 4.80. The maximum absolute atomic E-state index is 14.9. The van der Waals surface area contributed by atoms with Crippen molar-refractivity contribution in [3.05, 3.63) is 46.4 Å². The average molecular weight is 478 g/mol. The van der Waals surface area contributed by atoms with Crippen LogP contribution in [0.15, 0.2) is 29.2 Å². The molecule has 2 aromatic heterocycles. The number of aromatic nitrogens is 3. The lowest BCUT2D eigenvalue weighted by atomic mass is 10.0. The molecule has 1 fully saturated rings. The van der Waals surface area contributed by atoms with Gasteiger partial charge in [0, 0.05) is 23.2 Å². The monoisotopic (exact) mass is 477 g/mol. The van der Waals surface area contributed by atoms with E-state index in [4.69, 9.17) is 5.73 Å². The van der Waals surface area contributed by atoms with Crippen molar-refractivity contribution in [3.63, 3.8) is 0 Å². The zero-order valence-corrected chi connectivity index (χ0v) is 19.1. The molecule has 11 heteroatoms. The zero-order valence-electron chi connectivity index (χ0n) is 18.3. The molecule has 1 aliphatic carbocycles. The van der Waals surface area contributed by atoms with Crippen LogP contribution < -0.4 is 16.0 Å². The molecule has 0 amide bonds. The van der Waals surface area contributed by atoms with Crippen molar-refractivity contribution in [1.29, 1.82) is 0 Å². The van der Waals surface area contributed by atoms with Crippen molar-refractivity contribution < 1.29 is 17.2 Å². The van der Waals surface area contributed by atoms with Crippen molar-refractivity contribution >= 4 is 32.7 Å². The summed E-state index contributed by atoms with van der Waals surface area (Å²) >= 11 is 0. The van der Waals surface area contributed by atoms with Crippen molar-refractivity contribution in [3.8, 4) is 11.1 Å². The van der Waals surface area contributed by atoms with Gasteiger partial charge in [-0.05, 0) is 50.5 Å². The number of benzene rings is 1. The zero-order chi connectivity index (χ0) is 23.9. The number of pyridine rings is 1. The first-order chi connectivity index (χ1) is 15.6. The normalized spacial score (nSPS) is 15.3. The number of nitrogen functional groups attached to an aromatic ring is 1. The fourth-order valence-corrected chi connectivity index (χ4v) is 5.85. The molecule has 0 spiro atoms. The van der Waals surface area contributed by atoms with E-state index >= 15 is 0 Å². The van der Waals surface area contributed by atoms with Gasteiger partial charge in [0.05, 0.1) is 5.25 Å². The molecule has 3 aromatic rings. The summed E-state index contributed by atoms with van der Waals surface area (Å²) in [4.78, 5) is 21.2. The lowest BCUT2D eigenvalue weighted by Crippen LogP contribution is -2.30. The van der Waals surface area contributed by atoms with Crippen molar-refractivity contribution in [2.45, 2.75) is 57.2 Å². The van der Waals surface area contributed by atoms with Gasteiger partial charge in [-0.3, -0.25) is 14.1 Å². The Morgan fingerprint density at radius 1 is 1.12 bits per heavy atom. The fraction of sp³-hybridized carbons (Fsp3) is 0.409. The molecule has 3 N–H and O–H groups in total. The van der Waals surface area contributed by atoms with Crippen LogP contribution in [0.5, 0.6) is 0 Å². The van der Waals surface area contributed by atoms with Crippen LogP contribution in [0.2, 0.25) is 0 Å². The molecule has 176 valence electrons. The smallest absolute Gasteiger partial charge is 0.260 e. The lowest BCUT2D eigenvalue weighted by molar-refractivity contribution is 0.485. The molecular weight excluding hydrogens is 452 g/mol. The Bertz CT molecular complexity index is 1360. The van der Waals surface area contributed by atoms with Gasteiger partial charge in [-0.25, -0.2) is 22.2 Å². The van der Waals surface area contributed by atoms with Crippen molar-refractivity contribution in [2.24, 2.45) is 0 Å². The Morgan fingerprint density at radius 2 is 1.76 bits per heavy atom. The molecular formula is C22H25F2N5O3S. The molecule has 1 saturated carbocycles. The van der Waals surface area contributed by atoms with Gasteiger partial charge in [0.25, 0.3) is 5.56 Å². The highest BCUT2D eigenvalue weighted by atomic mass is 32.2. The van der Waals surface area contributed by atoms with Crippen LogP contribution in [0.25, 0.3) is 22.2 Å². The van der Waals surface area contributed by atoms with Gasteiger partial charge in [-0.1, -0.05) is 19.3 Å². The van der Waals surface area contributed by atoms with E-state index in [9.17, 15) is 22.0 Å². The van der Waals surface area contributed by atoms with Crippen molar-refractivity contribution in [2.75, 3.05) is 10.5 Å². The first-order valence-electron chi connectivity index (χ1n) is 10.8.